The van der Waals surface area contributed by atoms with Gasteiger partial charge >= 0.3 is 5.97 Å². The van der Waals surface area contributed by atoms with Gasteiger partial charge in [-0.2, -0.15) is 5.10 Å². The molecule has 2 heterocycles. The van der Waals surface area contributed by atoms with Crippen molar-refractivity contribution in [3.05, 3.63) is 45.6 Å². The Morgan fingerprint density at radius 2 is 2.33 bits per heavy atom. The topological polar surface area (TPSA) is 55.1 Å². The van der Waals surface area contributed by atoms with Crippen LogP contribution < -0.4 is 0 Å². The number of aryl methyl sites for hydroxylation is 1. The number of thioether (sulfide) groups is 1. The molecule has 0 saturated carbocycles. The Hall–Kier alpha value is -1.27. The van der Waals surface area contributed by atoms with Crippen LogP contribution in [-0.2, 0) is 12.8 Å². The Labute approximate surface area is 117 Å². The average molecular weight is 327 g/mol. The third kappa shape index (κ3) is 1.95. The quantitative estimate of drug-likeness (QED) is 0.926. The number of hydrogen-bond acceptors (Lipinski definition) is 3. The van der Waals surface area contributed by atoms with Crippen molar-refractivity contribution < 1.29 is 9.90 Å². The fraction of sp³-hybridized carbons (Fsp3) is 0.167. The molecule has 0 fully saturated rings. The normalized spacial score (nSPS) is 14.3. The molecule has 0 unspecified atom stereocenters. The Bertz CT molecular complexity index is 601. The lowest BCUT2D eigenvalue weighted by atomic mass is 10.1. The second-order valence-corrected chi connectivity index (χ2v) is 5.69. The highest BCUT2D eigenvalue weighted by Gasteiger charge is 2.28. The summed E-state index contributed by atoms with van der Waals surface area (Å²) in [6.45, 7) is 7.66. The van der Waals surface area contributed by atoms with Crippen LogP contribution in [0, 0.1) is 0 Å². The predicted octanol–water partition coefficient (Wildman–Crippen LogP) is 3.17. The molecule has 4 nitrogen and oxygen atoms in total. The van der Waals surface area contributed by atoms with Crippen LogP contribution in [0.1, 0.15) is 21.7 Å². The molecule has 94 valence electrons. The molecule has 0 aliphatic carbocycles. The maximum Gasteiger partial charge on any atom is 0.356 e. The smallest absolute Gasteiger partial charge is 0.356 e. The van der Waals surface area contributed by atoms with Crippen molar-refractivity contribution >= 4 is 39.2 Å². The van der Waals surface area contributed by atoms with Gasteiger partial charge in [0.15, 0.2) is 5.69 Å². The van der Waals surface area contributed by atoms with Gasteiger partial charge in [0.1, 0.15) is 0 Å². The summed E-state index contributed by atoms with van der Waals surface area (Å²) in [5, 5.41) is 13.2. The zero-order valence-electron chi connectivity index (χ0n) is 9.73. The van der Waals surface area contributed by atoms with E-state index in [4.69, 9.17) is 5.11 Å². The molecule has 0 atom stereocenters. The molecule has 1 N–H and O–H groups in total. The molecule has 1 aromatic rings. The van der Waals surface area contributed by atoms with Crippen molar-refractivity contribution in [2.75, 3.05) is 0 Å². The van der Waals surface area contributed by atoms with Crippen LogP contribution in [0.2, 0.25) is 0 Å². The SMILES string of the molecule is C=CC1=C(C(=C)Br)SCc2c(C(=O)O)nn(C)c21. The summed E-state index contributed by atoms with van der Waals surface area (Å²) in [6, 6.07) is 0. The highest BCUT2D eigenvalue weighted by molar-refractivity contribution is 9.12. The third-order valence-electron chi connectivity index (χ3n) is 2.66. The zero-order valence-corrected chi connectivity index (χ0v) is 12.1. The van der Waals surface area contributed by atoms with Gasteiger partial charge in [0.05, 0.1) is 5.69 Å². The Kier molecular flexibility index (Phi) is 3.49. The third-order valence-corrected chi connectivity index (χ3v) is 4.51. The minimum Gasteiger partial charge on any atom is -0.476 e. The number of nitrogens with zero attached hydrogens (tertiary/aromatic N) is 2. The number of carboxylic acids is 1. The first-order valence-electron chi connectivity index (χ1n) is 5.11. The molecular weight excluding hydrogens is 316 g/mol. The van der Waals surface area contributed by atoms with Crippen LogP contribution >= 0.6 is 27.7 Å². The molecule has 0 saturated heterocycles. The molecule has 0 bridgehead atoms. The van der Waals surface area contributed by atoms with Gasteiger partial charge in [-0.05, 0) is 0 Å². The van der Waals surface area contributed by atoms with E-state index in [1.165, 1.54) is 11.8 Å². The minimum absolute atomic E-state index is 0.110. The summed E-state index contributed by atoms with van der Waals surface area (Å²) in [5.74, 6) is -0.431. The molecule has 0 amide bonds. The average Bonchev–Trinajstić information content (AvgIpc) is 2.66. The fourth-order valence-electron chi connectivity index (χ4n) is 1.96. The molecule has 0 aromatic carbocycles. The van der Waals surface area contributed by atoms with Gasteiger partial charge in [-0.25, -0.2) is 4.79 Å². The molecule has 2 rings (SSSR count). The lowest BCUT2D eigenvalue weighted by Crippen LogP contribution is -2.05. The van der Waals surface area contributed by atoms with E-state index in [9.17, 15) is 4.79 Å². The summed E-state index contributed by atoms with van der Waals surface area (Å²) in [4.78, 5) is 12.1. The number of aromatic nitrogens is 2. The second kappa shape index (κ2) is 4.78. The van der Waals surface area contributed by atoms with Crippen LogP contribution in [0.25, 0.3) is 5.57 Å². The number of aromatic carboxylic acids is 1. The maximum absolute atomic E-state index is 11.1. The number of fused-ring (bicyclic) bond motifs is 1. The van der Waals surface area contributed by atoms with Gasteiger partial charge < -0.3 is 5.11 Å². The Morgan fingerprint density at radius 3 is 2.83 bits per heavy atom. The monoisotopic (exact) mass is 326 g/mol. The van der Waals surface area contributed by atoms with E-state index in [1.807, 2.05) is 0 Å². The Morgan fingerprint density at radius 1 is 1.67 bits per heavy atom. The van der Waals surface area contributed by atoms with E-state index in [2.05, 4.69) is 34.2 Å². The van der Waals surface area contributed by atoms with Crippen molar-refractivity contribution in [2.45, 2.75) is 5.75 Å². The molecular formula is C12H11BrN2O2S. The van der Waals surface area contributed by atoms with Crippen LogP contribution in [0.4, 0.5) is 0 Å². The van der Waals surface area contributed by atoms with E-state index >= 15 is 0 Å². The Balaban J connectivity index is 2.73. The van der Waals surface area contributed by atoms with Crippen molar-refractivity contribution in [2.24, 2.45) is 7.05 Å². The van der Waals surface area contributed by atoms with Crippen LogP contribution in [0.5, 0.6) is 0 Å². The van der Waals surface area contributed by atoms with E-state index in [0.717, 1.165) is 26.2 Å². The molecule has 18 heavy (non-hydrogen) atoms. The number of halogens is 1. The van der Waals surface area contributed by atoms with Crippen molar-refractivity contribution in [3.8, 4) is 0 Å². The largest absolute Gasteiger partial charge is 0.476 e. The summed E-state index contributed by atoms with van der Waals surface area (Å²) in [6.07, 6.45) is 1.71. The first-order chi connectivity index (χ1) is 8.47. The molecule has 0 spiro atoms. The molecule has 1 aliphatic heterocycles. The van der Waals surface area contributed by atoms with Gasteiger partial charge in [0, 0.05) is 33.3 Å². The van der Waals surface area contributed by atoms with Gasteiger partial charge in [-0.1, -0.05) is 35.2 Å². The summed E-state index contributed by atoms with van der Waals surface area (Å²) in [7, 11) is 1.74. The first kappa shape index (κ1) is 13.2. The number of rotatable bonds is 3. The van der Waals surface area contributed by atoms with Crippen LogP contribution in [-0.4, -0.2) is 20.9 Å². The first-order valence-corrected chi connectivity index (χ1v) is 6.89. The predicted molar refractivity (Wildman–Crippen MR) is 76.6 cm³/mol. The van der Waals surface area contributed by atoms with E-state index in [0.29, 0.717) is 5.75 Å². The fourth-order valence-corrected chi connectivity index (χ4v) is 3.57. The van der Waals surface area contributed by atoms with E-state index < -0.39 is 5.97 Å². The number of hydrogen-bond donors (Lipinski definition) is 1. The lowest BCUT2D eigenvalue weighted by molar-refractivity contribution is 0.0689. The van der Waals surface area contributed by atoms with Gasteiger partial charge in [0.2, 0.25) is 0 Å². The summed E-state index contributed by atoms with van der Waals surface area (Å²) >= 11 is 4.90. The zero-order chi connectivity index (χ0) is 13.4. The maximum atomic E-state index is 11.1. The molecule has 0 radical (unpaired) electrons. The van der Waals surface area contributed by atoms with Crippen molar-refractivity contribution in [1.29, 1.82) is 0 Å². The second-order valence-electron chi connectivity index (χ2n) is 3.75. The highest BCUT2D eigenvalue weighted by atomic mass is 79.9. The van der Waals surface area contributed by atoms with Crippen molar-refractivity contribution in [1.82, 2.24) is 9.78 Å². The molecule has 6 heteroatoms. The van der Waals surface area contributed by atoms with Gasteiger partial charge in [0.25, 0.3) is 0 Å². The lowest BCUT2D eigenvalue weighted by Gasteiger charge is -2.18. The highest BCUT2D eigenvalue weighted by Crippen LogP contribution is 2.43. The molecule has 1 aromatic heterocycles. The van der Waals surface area contributed by atoms with E-state index in [1.54, 1.807) is 17.8 Å². The van der Waals surface area contributed by atoms with Crippen LogP contribution in [0.15, 0.2) is 28.6 Å². The summed E-state index contributed by atoms with van der Waals surface area (Å²) in [5.41, 5.74) is 2.52. The van der Waals surface area contributed by atoms with Gasteiger partial charge in [-0.15, -0.1) is 11.8 Å². The van der Waals surface area contributed by atoms with Crippen LogP contribution in [0.3, 0.4) is 0 Å². The van der Waals surface area contributed by atoms with E-state index in [-0.39, 0.29) is 5.69 Å². The molecule has 1 aliphatic rings. The van der Waals surface area contributed by atoms with Gasteiger partial charge in [-0.3, -0.25) is 4.68 Å². The standard InChI is InChI=1S/C12H11BrN2O2S/c1-4-7-10-8(5-18-11(7)6(2)13)9(12(16)17)14-15(10)3/h4H,1-2,5H2,3H3,(H,16,17). The minimum atomic E-state index is -1.00. The van der Waals surface area contributed by atoms with Crippen molar-refractivity contribution in [3.63, 3.8) is 0 Å². The number of carbonyl (C=O) groups is 1. The number of allylic oxidation sites excluding steroid dienone is 3. The summed E-state index contributed by atoms with van der Waals surface area (Å²) < 4.78 is 2.36. The number of carboxylic acid groups (broad SMARTS) is 1.